The van der Waals surface area contributed by atoms with E-state index < -0.39 is 0 Å². The third-order valence-electron chi connectivity index (χ3n) is 6.15. The topological polar surface area (TPSA) is 58.1 Å². The monoisotopic (exact) mass is 436 g/mol. The number of carbonyl (C=O) groups is 1. The molecule has 0 aliphatic heterocycles. The van der Waals surface area contributed by atoms with Gasteiger partial charge >= 0.3 is 0 Å². The van der Waals surface area contributed by atoms with Crippen molar-refractivity contribution in [1.82, 2.24) is 14.9 Å². The summed E-state index contributed by atoms with van der Waals surface area (Å²) >= 11 is 0. The lowest BCUT2D eigenvalue weighted by atomic mass is 10.0. The lowest BCUT2D eigenvalue weighted by Gasteiger charge is -2.21. The lowest BCUT2D eigenvalue weighted by molar-refractivity contribution is -0.129. The largest absolute Gasteiger partial charge is 0.367 e. The average molecular weight is 437 g/mol. The number of hydrogen-bond donors (Lipinski definition) is 1. The van der Waals surface area contributed by atoms with Gasteiger partial charge in [0.1, 0.15) is 12.1 Å². The number of nitrogens with one attached hydrogen (secondary N) is 1. The van der Waals surface area contributed by atoms with Crippen molar-refractivity contribution in [1.29, 1.82) is 0 Å². The molecule has 0 spiro atoms. The van der Waals surface area contributed by atoms with Crippen molar-refractivity contribution in [2.24, 2.45) is 0 Å². The van der Waals surface area contributed by atoms with Crippen molar-refractivity contribution in [3.8, 4) is 11.1 Å². The SMILES string of the molecule is CC(=O)N(CCc1ccccc1)Cc1cccc(-c2ccc3ncnc(NC4CC4)c3c2)c1. The number of benzene rings is 3. The number of rotatable bonds is 8. The lowest BCUT2D eigenvalue weighted by Crippen LogP contribution is -2.30. The molecule has 3 aromatic carbocycles. The molecule has 166 valence electrons. The predicted octanol–water partition coefficient (Wildman–Crippen LogP) is 5.46. The first-order chi connectivity index (χ1) is 16.2. The molecule has 0 radical (unpaired) electrons. The Morgan fingerprint density at radius 2 is 1.73 bits per heavy atom. The highest BCUT2D eigenvalue weighted by Crippen LogP contribution is 2.31. The van der Waals surface area contributed by atoms with Gasteiger partial charge in [-0.1, -0.05) is 54.6 Å². The molecule has 0 atom stereocenters. The maximum atomic E-state index is 12.3. The van der Waals surface area contributed by atoms with Crippen molar-refractivity contribution in [2.45, 2.75) is 38.8 Å². The van der Waals surface area contributed by atoms with Crippen LogP contribution in [0.15, 0.2) is 79.1 Å². The summed E-state index contributed by atoms with van der Waals surface area (Å²) in [5, 5.41) is 4.56. The predicted molar refractivity (Wildman–Crippen MR) is 133 cm³/mol. The van der Waals surface area contributed by atoms with Crippen LogP contribution in [-0.4, -0.2) is 33.4 Å². The Balaban J connectivity index is 1.36. The van der Waals surface area contributed by atoms with E-state index in [1.54, 1.807) is 13.3 Å². The van der Waals surface area contributed by atoms with Crippen LogP contribution >= 0.6 is 0 Å². The van der Waals surface area contributed by atoms with Gasteiger partial charge in [0.15, 0.2) is 0 Å². The van der Waals surface area contributed by atoms with Gasteiger partial charge in [0.2, 0.25) is 5.91 Å². The van der Waals surface area contributed by atoms with E-state index in [0.29, 0.717) is 19.1 Å². The minimum absolute atomic E-state index is 0.0926. The number of amides is 1. The molecule has 33 heavy (non-hydrogen) atoms. The van der Waals surface area contributed by atoms with Crippen molar-refractivity contribution in [3.63, 3.8) is 0 Å². The van der Waals surface area contributed by atoms with E-state index in [1.807, 2.05) is 23.1 Å². The first-order valence-corrected chi connectivity index (χ1v) is 11.6. The van der Waals surface area contributed by atoms with Crippen LogP contribution in [0.5, 0.6) is 0 Å². The van der Waals surface area contributed by atoms with Gasteiger partial charge in [-0.15, -0.1) is 0 Å². The zero-order chi connectivity index (χ0) is 22.6. The van der Waals surface area contributed by atoms with Crippen LogP contribution in [0.3, 0.4) is 0 Å². The molecule has 0 saturated heterocycles. The summed E-state index contributed by atoms with van der Waals surface area (Å²) in [6.07, 6.45) is 4.87. The van der Waals surface area contributed by atoms with Crippen LogP contribution in [0.4, 0.5) is 5.82 Å². The normalized spacial score (nSPS) is 13.1. The third kappa shape index (κ3) is 5.20. The van der Waals surface area contributed by atoms with E-state index in [-0.39, 0.29) is 5.91 Å². The number of aromatic nitrogens is 2. The minimum Gasteiger partial charge on any atom is -0.367 e. The molecule has 1 saturated carbocycles. The first kappa shape index (κ1) is 21.1. The van der Waals surface area contributed by atoms with Crippen LogP contribution in [0, 0.1) is 0 Å². The molecule has 1 heterocycles. The maximum absolute atomic E-state index is 12.3. The summed E-state index contributed by atoms with van der Waals surface area (Å²) in [6.45, 7) is 2.95. The van der Waals surface area contributed by atoms with Crippen LogP contribution in [-0.2, 0) is 17.8 Å². The molecule has 4 aromatic rings. The van der Waals surface area contributed by atoms with E-state index in [0.717, 1.165) is 39.8 Å². The summed E-state index contributed by atoms with van der Waals surface area (Å²) in [6, 6.07) is 25.6. The highest BCUT2D eigenvalue weighted by atomic mass is 16.2. The molecule has 1 aromatic heterocycles. The van der Waals surface area contributed by atoms with Gasteiger partial charge in [0.05, 0.1) is 5.52 Å². The number of fused-ring (bicyclic) bond motifs is 1. The first-order valence-electron chi connectivity index (χ1n) is 11.6. The molecule has 1 aliphatic rings. The van der Waals surface area contributed by atoms with Crippen LogP contribution in [0.2, 0.25) is 0 Å². The number of carbonyl (C=O) groups excluding carboxylic acids is 1. The fourth-order valence-corrected chi connectivity index (χ4v) is 4.10. The van der Waals surface area contributed by atoms with Gasteiger partial charge in [-0.3, -0.25) is 4.79 Å². The number of hydrogen-bond acceptors (Lipinski definition) is 4. The molecule has 0 bridgehead atoms. The molecule has 1 fully saturated rings. The van der Waals surface area contributed by atoms with Crippen molar-refractivity contribution in [3.05, 3.63) is 90.3 Å². The fourth-order valence-electron chi connectivity index (χ4n) is 4.10. The van der Waals surface area contributed by atoms with E-state index >= 15 is 0 Å². The fraction of sp³-hybridized carbons (Fsp3) is 0.250. The van der Waals surface area contributed by atoms with Crippen molar-refractivity contribution >= 4 is 22.6 Å². The van der Waals surface area contributed by atoms with Crippen LogP contribution in [0.1, 0.15) is 30.9 Å². The molecular weight excluding hydrogens is 408 g/mol. The highest BCUT2D eigenvalue weighted by Gasteiger charge is 2.22. The summed E-state index contributed by atoms with van der Waals surface area (Å²) in [5.74, 6) is 0.999. The van der Waals surface area contributed by atoms with Gasteiger partial charge in [0.25, 0.3) is 0 Å². The van der Waals surface area contributed by atoms with Gasteiger partial charge in [-0.25, -0.2) is 9.97 Å². The van der Waals surface area contributed by atoms with Crippen LogP contribution < -0.4 is 5.32 Å². The Bertz CT molecular complexity index is 1270. The highest BCUT2D eigenvalue weighted by molar-refractivity contribution is 5.92. The molecule has 1 N–H and O–H groups in total. The second-order valence-corrected chi connectivity index (χ2v) is 8.75. The Morgan fingerprint density at radius 3 is 2.52 bits per heavy atom. The third-order valence-corrected chi connectivity index (χ3v) is 6.15. The summed E-state index contributed by atoms with van der Waals surface area (Å²) in [5.41, 5.74) is 5.55. The minimum atomic E-state index is 0.0926. The average Bonchev–Trinajstić information content (AvgIpc) is 3.66. The quantitative estimate of drug-likeness (QED) is 0.398. The molecule has 1 aliphatic carbocycles. The van der Waals surface area contributed by atoms with Gasteiger partial charge < -0.3 is 10.2 Å². The van der Waals surface area contributed by atoms with Crippen LogP contribution in [0.25, 0.3) is 22.0 Å². The van der Waals surface area contributed by atoms with E-state index in [4.69, 9.17) is 0 Å². The molecule has 5 rings (SSSR count). The maximum Gasteiger partial charge on any atom is 0.219 e. The molecule has 0 unspecified atom stereocenters. The van der Waals surface area contributed by atoms with Gasteiger partial charge in [-0.2, -0.15) is 0 Å². The van der Waals surface area contributed by atoms with E-state index in [9.17, 15) is 4.79 Å². The molecular formula is C28H28N4O. The molecule has 5 nitrogen and oxygen atoms in total. The Morgan fingerprint density at radius 1 is 0.939 bits per heavy atom. The Kier molecular flexibility index (Phi) is 6.03. The summed E-state index contributed by atoms with van der Waals surface area (Å²) < 4.78 is 0. The number of anilines is 1. The summed E-state index contributed by atoms with van der Waals surface area (Å²) in [4.78, 5) is 23.1. The van der Waals surface area contributed by atoms with Gasteiger partial charge in [-0.05, 0) is 59.7 Å². The van der Waals surface area contributed by atoms with E-state index in [2.05, 4.69) is 69.9 Å². The van der Waals surface area contributed by atoms with Gasteiger partial charge in [0, 0.05) is 31.4 Å². The zero-order valence-electron chi connectivity index (χ0n) is 18.9. The second-order valence-electron chi connectivity index (χ2n) is 8.75. The van der Waals surface area contributed by atoms with Crippen molar-refractivity contribution in [2.75, 3.05) is 11.9 Å². The molecule has 1 amide bonds. The van der Waals surface area contributed by atoms with E-state index in [1.165, 1.54) is 18.4 Å². The smallest absolute Gasteiger partial charge is 0.219 e. The molecule has 5 heteroatoms. The Labute approximate surface area is 194 Å². The number of nitrogens with zero attached hydrogens (tertiary/aromatic N) is 3. The summed E-state index contributed by atoms with van der Waals surface area (Å²) in [7, 11) is 0. The second kappa shape index (κ2) is 9.41. The standard InChI is InChI=1S/C28H28N4O/c1-20(33)32(15-14-21-6-3-2-4-7-21)18-22-8-5-9-23(16-22)24-10-13-27-26(17-24)28(30-19-29-27)31-25-11-12-25/h2-10,13,16-17,19,25H,11-12,14-15,18H2,1H3,(H,29,30,31). The Hall–Kier alpha value is -3.73. The zero-order valence-corrected chi connectivity index (χ0v) is 18.9. The van der Waals surface area contributed by atoms with Crippen molar-refractivity contribution < 1.29 is 4.79 Å².